The molecule has 25 heavy (non-hydrogen) atoms. The number of aliphatic hydroxyl groups is 2. The van der Waals surface area contributed by atoms with Crippen LogP contribution in [0.25, 0.3) is 0 Å². The van der Waals surface area contributed by atoms with Crippen molar-refractivity contribution in [3.63, 3.8) is 0 Å². The molecule has 1 aromatic carbocycles. The molecule has 0 heterocycles. The number of aliphatic hydroxyl groups excluding tert-OH is 2. The lowest BCUT2D eigenvalue weighted by atomic mass is 9.84. The Hall–Kier alpha value is -0.860. The van der Waals surface area contributed by atoms with E-state index in [1.807, 2.05) is 0 Å². The van der Waals surface area contributed by atoms with Gasteiger partial charge in [-0.2, -0.15) is 0 Å². The molecule has 0 saturated heterocycles. The Morgan fingerprint density at radius 3 is 2.28 bits per heavy atom. The van der Waals surface area contributed by atoms with Gasteiger partial charge in [0.1, 0.15) is 0 Å². The van der Waals surface area contributed by atoms with Crippen molar-refractivity contribution in [2.45, 2.75) is 103 Å². The lowest BCUT2D eigenvalue weighted by Crippen LogP contribution is -2.18. The molecular formula is C23H38O2. The predicted octanol–water partition coefficient (Wildman–Crippen LogP) is 6.13. The third-order valence-electron chi connectivity index (χ3n) is 6.01. The summed E-state index contributed by atoms with van der Waals surface area (Å²) in [6.45, 7) is 4.43. The minimum atomic E-state index is -0.334. The zero-order valence-corrected chi connectivity index (χ0v) is 16.3. The number of unbranched alkanes of at least 4 members (excludes halogenated alkanes) is 5. The lowest BCUT2D eigenvalue weighted by molar-refractivity contribution is 0.120. The van der Waals surface area contributed by atoms with E-state index in [4.69, 9.17) is 0 Å². The molecule has 0 bridgehead atoms. The second-order valence-corrected chi connectivity index (χ2v) is 7.94. The van der Waals surface area contributed by atoms with E-state index in [2.05, 4.69) is 38.1 Å². The fourth-order valence-corrected chi connectivity index (χ4v) is 4.38. The summed E-state index contributed by atoms with van der Waals surface area (Å²) in [4.78, 5) is 0. The van der Waals surface area contributed by atoms with Crippen LogP contribution in [0.3, 0.4) is 0 Å². The van der Waals surface area contributed by atoms with Crippen LogP contribution in [0.5, 0.6) is 0 Å². The molecule has 142 valence electrons. The average Bonchev–Trinajstić information content (AvgIpc) is 3.00. The van der Waals surface area contributed by atoms with Crippen molar-refractivity contribution in [3.05, 3.63) is 35.4 Å². The molecule has 0 spiro atoms. The van der Waals surface area contributed by atoms with Crippen molar-refractivity contribution in [1.82, 2.24) is 0 Å². The summed E-state index contributed by atoms with van der Waals surface area (Å²) in [6.07, 6.45) is 12.1. The van der Waals surface area contributed by atoms with Gasteiger partial charge in [-0.1, -0.05) is 83.1 Å². The fraction of sp³-hybridized carbons (Fsp3) is 0.739. The first kappa shape index (κ1) is 20.5. The summed E-state index contributed by atoms with van der Waals surface area (Å²) in [5.41, 5.74) is 2.39. The Kier molecular flexibility index (Phi) is 8.98. The van der Waals surface area contributed by atoms with Gasteiger partial charge in [-0.25, -0.2) is 0 Å². The maximum atomic E-state index is 10.4. The van der Waals surface area contributed by atoms with Crippen molar-refractivity contribution >= 4 is 0 Å². The van der Waals surface area contributed by atoms with Gasteiger partial charge in [0.15, 0.2) is 0 Å². The molecule has 0 radical (unpaired) electrons. The minimum absolute atomic E-state index is 0.133. The van der Waals surface area contributed by atoms with Gasteiger partial charge in [-0.15, -0.1) is 0 Å². The van der Waals surface area contributed by atoms with Gasteiger partial charge >= 0.3 is 0 Å². The van der Waals surface area contributed by atoms with Gasteiger partial charge in [0.2, 0.25) is 0 Å². The molecule has 2 heteroatoms. The first-order valence-electron chi connectivity index (χ1n) is 10.6. The second-order valence-electron chi connectivity index (χ2n) is 7.94. The van der Waals surface area contributed by atoms with Crippen LogP contribution in [-0.2, 0) is 0 Å². The highest BCUT2D eigenvalue weighted by molar-refractivity contribution is 5.28. The quantitative estimate of drug-likeness (QED) is 0.473. The normalized spacial score (nSPS) is 24.6. The largest absolute Gasteiger partial charge is 0.393 e. The van der Waals surface area contributed by atoms with Gasteiger partial charge in [-0.05, 0) is 48.6 Å². The first-order chi connectivity index (χ1) is 12.2. The fourth-order valence-electron chi connectivity index (χ4n) is 4.38. The van der Waals surface area contributed by atoms with E-state index in [9.17, 15) is 10.2 Å². The smallest absolute Gasteiger partial charge is 0.0790 e. The van der Waals surface area contributed by atoms with E-state index in [0.717, 1.165) is 37.7 Å². The van der Waals surface area contributed by atoms with Crippen LogP contribution in [0.4, 0.5) is 0 Å². The third-order valence-corrected chi connectivity index (χ3v) is 6.01. The van der Waals surface area contributed by atoms with Crippen molar-refractivity contribution in [2.75, 3.05) is 0 Å². The zero-order valence-electron chi connectivity index (χ0n) is 16.3. The molecule has 1 aliphatic carbocycles. The molecule has 1 aliphatic rings. The van der Waals surface area contributed by atoms with E-state index in [-0.39, 0.29) is 12.2 Å². The molecule has 0 aromatic heterocycles. The van der Waals surface area contributed by atoms with Gasteiger partial charge in [0, 0.05) is 0 Å². The van der Waals surface area contributed by atoms with Crippen LogP contribution in [-0.4, -0.2) is 16.3 Å². The summed E-state index contributed by atoms with van der Waals surface area (Å²) in [5.74, 6) is 0.903. The molecule has 4 unspecified atom stereocenters. The molecule has 2 nitrogen and oxygen atoms in total. The Morgan fingerprint density at radius 2 is 1.60 bits per heavy atom. The van der Waals surface area contributed by atoms with Gasteiger partial charge < -0.3 is 10.2 Å². The monoisotopic (exact) mass is 346 g/mol. The van der Waals surface area contributed by atoms with Gasteiger partial charge in [0.05, 0.1) is 12.2 Å². The third kappa shape index (κ3) is 6.11. The highest BCUT2D eigenvalue weighted by Crippen LogP contribution is 2.42. The standard InChI is InChI=1S/C23H38O2/c1-3-5-7-9-10-21-20(16-17-23(21)25)18-12-14-19(15-13-18)22(24)11-8-6-4-2/h12-15,20-25H,3-11,16-17H2,1-2H3. The lowest BCUT2D eigenvalue weighted by Gasteiger charge is -2.23. The second kappa shape index (κ2) is 11.0. The highest BCUT2D eigenvalue weighted by atomic mass is 16.3. The first-order valence-corrected chi connectivity index (χ1v) is 10.6. The van der Waals surface area contributed by atoms with E-state index in [1.54, 1.807) is 0 Å². The van der Waals surface area contributed by atoms with E-state index < -0.39 is 0 Å². The van der Waals surface area contributed by atoms with Crippen molar-refractivity contribution in [3.8, 4) is 0 Å². The molecule has 1 fully saturated rings. The summed E-state index contributed by atoms with van der Waals surface area (Å²) in [7, 11) is 0. The topological polar surface area (TPSA) is 40.5 Å². The number of rotatable bonds is 11. The Morgan fingerprint density at radius 1 is 0.920 bits per heavy atom. The predicted molar refractivity (Wildman–Crippen MR) is 106 cm³/mol. The van der Waals surface area contributed by atoms with Crippen molar-refractivity contribution in [2.24, 2.45) is 5.92 Å². The molecular weight excluding hydrogens is 308 g/mol. The van der Waals surface area contributed by atoms with E-state index in [0.29, 0.717) is 11.8 Å². The average molecular weight is 347 g/mol. The maximum absolute atomic E-state index is 10.4. The van der Waals surface area contributed by atoms with Crippen LogP contribution < -0.4 is 0 Å². The number of hydrogen-bond acceptors (Lipinski definition) is 2. The van der Waals surface area contributed by atoms with Crippen LogP contribution in [0, 0.1) is 5.92 Å². The van der Waals surface area contributed by atoms with Gasteiger partial charge in [-0.3, -0.25) is 0 Å². The van der Waals surface area contributed by atoms with Crippen LogP contribution in [0.1, 0.15) is 108 Å². The minimum Gasteiger partial charge on any atom is -0.393 e. The van der Waals surface area contributed by atoms with Crippen LogP contribution in [0.15, 0.2) is 24.3 Å². The van der Waals surface area contributed by atoms with Gasteiger partial charge in [0.25, 0.3) is 0 Å². The molecule has 0 amide bonds. The molecule has 1 aromatic rings. The van der Waals surface area contributed by atoms with E-state index in [1.165, 1.54) is 44.1 Å². The molecule has 1 saturated carbocycles. The summed E-state index contributed by atoms with van der Waals surface area (Å²) in [5, 5.41) is 20.7. The zero-order chi connectivity index (χ0) is 18.1. The molecule has 0 aliphatic heterocycles. The summed E-state index contributed by atoms with van der Waals surface area (Å²) < 4.78 is 0. The van der Waals surface area contributed by atoms with E-state index >= 15 is 0 Å². The molecule has 2 rings (SSSR count). The molecule has 4 atom stereocenters. The van der Waals surface area contributed by atoms with Crippen LogP contribution >= 0.6 is 0 Å². The van der Waals surface area contributed by atoms with Crippen molar-refractivity contribution in [1.29, 1.82) is 0 Å². The Labute approximate surface area is 154 Å². The van der Waals surface area contributed by atoms with Crippen LogP contribution in [0.2, 0.25) is 0 Å². The SMILES string of the molecule is CCCCCCC1C(O)CCC1c1ccc(C(O)CCCCC)cc1. The molecule has 2 N–H and O–H groups in total. The van der Waals surface area contributed by atoms with Crippen molar-refractivity contribution < 1.29 is 10.2 Å². The highest BCUT2D eigenvalue weighted by Gasteiger charge is 2.35. The summed E-state index contributed by atoms with van der Waals surface area (Å²) >= 11 is 0. The number of hydrogen-bond donors (Lipinski definition) is 2. The Balaban J connectivity index is 1.92. The summed E-state index contributed by atoms with van der Waals surface area (Å²) in [6, 6.07) is 8.59. The maximum Gasteiger partial charge on any atom is 0.0790 e. The Bertz CT molecular complexity index is 467. The number of benzene rings is 1.